The minimum atomic E-state index is -0.577. The number of rotatable bonds is 4. The number of alkyl halides is 2. The van der Waals surface area contributed by atoms with E-state index in [2.05, 4.69) is 10.2 Å². The third kappa shape index (κ3) is 2.99. The van der Waals surface area contributed by atoms with Crippen LogP contribution in [0.2, 0.25) is 0 Å². The van der Waals surface area contributed by atoms with Crippen LogP contribution in [-0.4, -0.2) is 25.4 Å². The summed E-state index contributed by atoms with van der Waals surface area (Å²) in [6.45, 7) is 0. The summed E-state index contributed by atoms with van der Waals surface area (Å²) < 4.78 is 4.95. The predicted molar refractivity (Wildman–Crippen MR) is 74.7 cm³/mol. The van der Waals surface area contributed by atoms with Gasteiger partial charge in [-0.1, -0.05) is 11.8 Å². The molecule has 1 fully saturated rings. The Kier molecular flexibility index (Phi) is 3.37. The Labute approximate surface area is 124 Å². The van der Waals surface area contributed by atoms with Crippen molar-refractivity contribution in [1.82, 2.24) is 10.2 Å². The van der Waals surface area contributed by atoms with E-state index >= 15 is 0 Å². The fourth-order valence-corrected chi connectivity index (χ4v) is 3.30. The normalized spacial score (nSPS) is 20.4. The third-order valence-corrected chi connectivity index (χ3v) is 4.79. The highest BCUT2D eigenvalue weighted by Crippen LogP contribution is 2.54. The molecule has 0 spiro atoms. The van der Waals surface area contributed by atoms with Crippen LogP contribution in [0.15, 0.2) is 33.9 Å². The molecule has 4 nitrogen and oxygen atoms in total. The van der Waals surface area contributed by atoms with Crippen molar-refractivity contribution >= 4 is 35.0 Å². The van der Waals surface area contributed by atoms with Gasteiger partial charge in [-0.2, -0.15) is 0 Å². The first kappa shape index (κ1) is 13.1. The Morgan fingerprint density at radius 1 is 1.32 bits per heavy atom. The minimum Gasteiger partial charge on any atom is -0.508 e. The molecule has 1 aliphatic rings. The Bertz CT molecular complexity index is 586. The highest BCUT2D eigenvalue weighted by molar-refractivity contribution is 7.99. The summed E-state index contributed by atoms with van der Waals surface area (Å²) in [4.78, 5) is 0. The molecule has 0 unspecified atom stereocenters. The quantitative estimate of drug-likeness (QED) is 0.688. The van der Waals surface area contributed by atoms with Crippen LogP contribution in [0.4, 0.5) is 0 Å². The zero-order valence-corrected chi connectivity index (χ0v) is 12.0. The number of phenols is 1. The zero-order chi connectivity index (χ0) is 13.5. The van der Waals surface area contributed by atoms with Gasteiger partial charge < -0.3 is 9.52 Å². The highest BCUT2D eigenvalue weighted by Gasteiger charge is 2.51. The van der Waals surface area contributed by atoms with Crippen molar-refractivity contribution in [2.45, 2.75) is 16.0 Å². The molecule has 19 heavy (non-hydrogen) atoms. The number of halogens is 2. The lowest BCUT2D eigenvalue weighted by molar-refractivity contribution is 0.464. The maximum Gasteiger partial charge on any atom is 0.276 e. The molecule has 0 saturated heterocycles. The topological polar surface area (TPSA) is 59.2 Å². The molecule has 100 valence electrons. The van der Waals surface area contributed by atoms with Crippen LogP contribution >= 0.6 is 35.0 Å². The standard InChI is InChI=1S/C12H10Cl2N2O2S/c13-12(14)5-8(12)6-19-11-16-15-10(18-11)7-1-3-9(17)4-2-7/h1-4,8,17H,5-6H2/t8-/m0/s1. The number of nitrogens with zero attached hydrogens (tertiary/aromatic N) is 2. The number of thioether (sulfide) groups is 1. The van der Waals surface area contributed by atoms with Gasteiger partial charge in [-0.05, 0) is 30.7 Å². The number of aromatic nitrogens is 2. The summed E-state index contributed by atoms with van der Waals surface area (Å²) in [5.41, 5.74) is 0.771. The summed E-state index contributed by atoms with van der Waals surface area (Å²) >= 11 is 13.4. The van der Waals surface area contributed by atoms with E-state index in [1.165, 1.54) is 11.8 Å². The summed E-state index contributed by atoms with van der Waals surface area (Å²) in [7, 11) is 0. The van der Waals surface area contributed by atoms with Gasteiger partial charge in [0.05, 0.1) is 0 Å². The maximum atomic E-state index is 9.21. The molecular formula is C12H10Cl2N2O2S. The third-order valence-electron chi connectivity index (χ3n) is 2.88. The zero-order valence-electron chi connectivity index (χ0n) is 9.72. The van der Waals surface area contributed by atoms with Gasteiger partial charge in [0.25, 0.3) is 5.22 Å². The fourth-order valence-electron chi connectivity index (χ4n) is 1.61. The number of phenolic OH excluding ortho intramolecular Hbond substituents is 1. The van der Waals surface area contributed by atoms with Gasteiger partial charge in [-0.3, -0.25) is 0 Å². The van der Waals surface area contributed by atoms with Crippen LogP contribution in [-0.2, 0) is 0 Å². The number of aromatic hydroxyl groups is 1. The minimum absolute atomic E-state index is 0.201. The van der Waals surface area contributed by atoms with Crippen molar-refractivity contribution in [1.29, 1.82) is 0 Å². The molecule has 1 N–H and O–H groups in total. The van der Waals surface area contributed by atoms with E-state index in [0.29, 0.717) is 11.1 Å². The van der Waals surface area contributed by atoms with E-state index in [9.17, 15) is 5.11 Å². The molecular weight excluding hydrogens is 307 g/mol. The SMILES string of the molecule is Oc1ccc(-c2nnc(SC[C@@H]3CC3(Cl)Cl)o2)cc1. The van der Waals surface area contributed by atoms with Gasteiger partial charge in [0.15, 0.2) is 0 Å². The summed E-state index contributed by atoms with van der Waals surface area (Å²) in [5.74, 6) is 1.68. The van der Waals surface area contributed by atoms with Crippen LogP contribution in [0, 0.1) is 5.92 Å². The van der Waals surface area contributed by atoms with Crippen molar-refractivity contribution in [2.24, 2.45) is 5.92 Å². The largest absolute Gasteiger partial charge is 0.508 e. The van der Waals surface area contributed by atoms with Crippen LogP contribution in [0.5, 0.6) is 5.75 Å². The Morgan fingerprint density at radius 3 is 2.63 bits per heavy atom. The average molecular weight is 317 g/mol. The Morgan fingerprint density at radius 2 is 2.00 bits per heavy atom. The predicted octanol–water partition coefficient (Wildman–Crippen LogP) is 3.73. The molecule has 1 heterocycles. The summed E-state index contributed by atoms with van der Waals surface area (Å²) in [5, 5.41) is 17.6. The molecule has 0 bridgehead atoms. The average Bonchev–Trinajstić information content (AvgIpc) is 2.79. The number of hydrogen-bond acceptors (Lipinski definition) is 5. The van der Waals surface area contributed by atoms with Crippen molar-refractivity contribution in [3.63, 3.8) is 0 Å². The smallest absolute Gasteiger partial charge is 0.276 e. The van der Waals surface area contributed by atoms with E-state index < -0.39 is 4.33 Å². The second-order valence-electron chi connectivity index (χ2n) is 4.39. The molecule has 0 radical (unpaired) electrons. The van der Waals surface area contributed by atoms with Gasteiger partial charge in [-0.15, -0.1) is 33.4 Å². The lowest BCUT2D eigenvalue weighted by Crippen LogP contribution is -1.92. The Hall–Kier alpha value is -0.910. The second-order valence-corrected chi connectivity index (χ2v) is 6.91. The van der Waals surface area contributed by atoms with Gasteiger partial charge in [0.1, 0.15) is 10.1 Å². The van der Waals surface area contributed by atoms with Crippen molar-refractivity contribution < 1.29 is 9.52 Å². The molecule has 1 aliphatic carbocycles. The molecule has 0 amide bonds. The Balaban J connectivity index is 1.64. The first-order valence-corrected chi connectivity index (χ1v) is 7.42. The molecule has 1 aromatic carbocycles. The molecule has 1 atom stereocenters. The molecule has 2 aromatic rings. The molecule has 3 rings (SSSR count). The molecule has 1 aromatic heterocycles. The molecule has 7 heteroatoms. The van der Waals surface area contributed by atoms with Gasteiger partial charge >= 0.3 is 0 Å². The van der Waals surface area contributed by atoms with Gasteiger partial charge in [-0.25, -0.2) is 0 Å². The monoisotopic (exact) mass is 316 g/mol. The van der Waals surface area contributed by atoms with Gasteiger partial charge in [0.2, 0.25) is 5.89 Å². The van der Waals surface area contributed by atoms with Crippen LogP contribution in [0.3, 0.4) is 0 Å². The van der Waals surface area contributed by atoms with Gasteiger partial charge in [0, 0.05) is 17.2 Å². The van der Waals surface area contributed by atoms with E-state index in [1.54, 1.807) is 24.3 Å². The molecule has 0 aliphatic heterocycles. The lowest BCUT2D eigenvalue weighted by Gasteiger charge is -1.96. The van der Waals surface area contributed by atoms with Crippen molar-refractivity contribution in [3.8, 4) is 17.2 Å². The highest BCUT2D eigenvalue weighted by atomic mass is 35.5. The van der Waals surface area contributed by atoms with Crippen molar-refractivity contribution in [3.05, 3.63) is 24.3 Å². The summed E-state index contributed by atoms with van der Waals surface area (Å²) in [6.07, 6.45) is 0.808. The van der Waals surface area contributed by atoms with E-state index in [0.717, 1.165) is 17.7 Å². The molecule has 1 saturated carbocycles. The first-order chi connectivity index (χ1) is 9.04. The summed E-state index contributed by atoms with van der Waals surface area (Å²) in [6, 6.07) is 6.60. The van der Waals surface area contributed by atoms with Crippen LogP contribution in [0.25, 0.3) is 11.5 Å². The maximum absolute atomic E-state index is 9.21. The first-order valence-electron chi connectivity index (χ1n) is 5.68. The van der Waals surface area contributed by atoms with Crippen LogP contribution in [0.1, 0.15) is 6.42 Å². The van der Waals surface area contributed by atoms with Crippen LogP contribution < -0.4 is 0 Å². The number of benzene rings is 1. The van der Waals surface area contributed by atoms with E-state index in [4.69, 9.17) is 27.6 Å². The fraction of sp³-hybridized carbons (Fsp3) is 0.333. The van der Waals surface area contributed by atoms with E-state index in [-0.39, 0.29) is 11.7 Å². The second kappa shape index (κ2) is 4.89. The van der Waals surface area contributed by atoms with Crippen molar-refractivity contribution in [2.75, 3.05) is 5.75 Å². The van der Waals surface area contributed by atoms with E-state index in [1.807, 2.05) is 0 Å². The lowest BCUT2D eigenvalue weighted by atomic mass is 10.2. The number of hydrogen-bond donors (Lipinski definition) is 1.